The van der Waals surface area contributed by atoms with Gasteiger partial charge in [-0.15, -0.1) is 0 Å². The van der Waals surface area contributed by atoms with Crippen LogP contribution < -0.4 is 10.6 Å². The largest absolute Gasteiger partial charge is 0.418 e. The van der Waals surface area contributed by atoms with Gasteiger partial charge in [-0.3, -0.25) is 4.98 Å². The van der Waals surface area contributed by atoms with Gasteiger partial charge in [-0.2, -0.15) is 26.3 Å². The van der Waals surface area contributed by atoms with E-state index in [1.807, 2.05) is 31.1 Å². The predicted molar refractivity (Wildman–Crippen MR) is 79.4 cm³/mol. The van der Waals surface area contributed by atoms with Crippen LogP contribution in [0.3, 0.4) is 0 Å². The summed E-state index contributed by atoms with van der Waals surface area (Å²) < 4.78 is 72.5. The molecule has 0 aliphatic heterocycles. The molecule has 1 aromatic heterocycles. The van der Waals surface area contributed by atoms with E-state index >= 15 is 0 Å². The predicted octanol–water partition coefficient (Wildman–Crippen LogP) is 4.45. The molecule has 2 N–H and O–H groups in total. The first-order valence-corrected chi connectivity index (χ1v) is 6.54. The highest BCUT2D eigenvalue weighted by Gasteiger charge is 2.36. The lowest BCUT2D eigenvalue weighted by Gasteiger charge is -2.12. The highest BCUT2D eigenvalue weighted by Crippen LogP contribution is 2.37. The molecule has 1 aromatic carbocycles. The zero-order valence-electron chi connectivity index (χ0n) is 12.8. The van der Waals surface area contributed by atoms with E-state index in [-0.39, 0.29) is 6.07 Å². The van der Waals surface area contributed by atoms with Crippen molar-refractivity contribution in [3.8, 4) is 0 Å². The fourth-order valence-corrected chi connectivity index (χ4v) is 1.64. The average molecular weight is 351 g/mol. The fraction of sp³-hybridized carbons (Fsp3) is 0.267. The molecule has 24 heavy (non-hydrogen) atoms. The van der Waals surface area contributed by atoms with Crippen LogP contribution in [0.1, 0.15) is 11.1 Å². The highest BCUT2D eigenvalue weighted by atomic mass is 19.4. The van der Waals surface area contributed by atoms with Crippen LogP contribution in [-0.2, 0) is 12.4 Å². The quantitative estimate of drug-likeness (QED) is 0.610. The lowest BCUT2D eigenvalue weighted by molar-refractivity contribution is -0.140. The Morgan fingerprint density at radius 3 is 1.75 bits per heavy atom. The Kier molecular flexibility index (Phi) is 6.05. The summed E-state index contributed by atoms with van der Waals surface area (Å²) >= 11 is 0. The van der Waals surface area contributed by atoms with Gasteiger partial charge in [0.1, 0.15) is 0 Å². The van der Waals surface area contributed by atoms with Crippen LogP contribution in [0.25, 0.3) is 0 Å². The van der Waals surface area contributed by atoms with Crippen LogP contribution in [0, 0.1) is 0 Å². The van der Waals surface area contributed by atoms with Crippen molar-refractivity contribution >= 4 is 11.4 Å². The summed E-state index contributed by atoms with van der Waals surface area (Å²) in [5.41, 5.74) is 2.67. The summed E-state index contributed by atoms with van der Waals surface area (Å²) in [6.45, 7) is 0. The molecule has 0 atom stereocenters. The number of pyridine rings is 1. The lowest BCUT2D eigenvalue weighted by Crippen LogP contribution is -2.12. The zero-order chi connectivity index (χ0) is 18.5. The Bertz CT molecular complexity index is 650. The third kappa shape index (κ3) is 5.64. The minimum atomic E-state index is -4.74. The minimum Gasteiger partial charge on any atom is -0.398 e. The molecule has 0 unspecified atom stereocenters. The van der Waals surface area contributed by atoms with E-state index in [0.717, 1.165) is 0 Å². The van der Waals surface area contributed by atoms with E-state index in [4.69, 9.17) is 5.73 Å². The van der Waals surface area contributed by atoms with Gasteiger partial charge in [0.15, 0.2) is 0 Å². The Labute approximate surface area is 134 Å². The van der Waals surface area contributed by atoms with Crippen LogP contribution in [0.15, 0.2) is 42.7 Å². The van der Waals surface area contributed by atoms with Crippen LogP contribution in [0.5, 0.6) is 0 Å². The van der Waals surface area contributed by atoms with Gasteiger partial charge in [0.2, 0.25) is 0 Å². The molecule has 0 aliphatic rings. The van der Waals surface area contributed by atoms with Crippen molar-refractivity contribution in [1.29, 1.82) is 0 Å². The summed E-state index contributed by atoms with van der Waals surface area (Å²) in [4.78, 5) is 5.94. The first-order valence-electron chi connectivity index (χ1n) is 6.54. The van der Waals surface area contributed by atoms with E-state index in [1.165, 1.54) is 5.69 Å². The Morgan fingerprint density at radius 1 is 0.875 bits per heavy atom. The molecular weight excluding hydrogens is 336 g/mol. The number of halogens is 6. The fourth-order valence-electron chi connectivity index (χ4n) is 1.64. The smallest absolute Gasteiger partial charge is 0.398 e. The van der Waals surface area contributed by atoms with Gasteiger partial charge >= 0.3 is 12.4 Å². The molecule has 132 valence electrons. The summed E-state index contributed by atoms with van der Waals surface area (Å²) in [5, 5.41) is 0. The number of alkyl halides is 6. The Balaban J connectivity index is 0.000000272. The van der Waals surface area contributed by atoms with E-state index in [9.17, 15) is 26.3 Å². The van der Waals surface area contributed by atoms with Gasteiger partial charge in [-0.05, 0) is 30.3 Å². The van der Waals surface area contributed by atoms with Crippen molar-refractivity contribution in [2.45, 2.75) is 12.4 Å². The standard InChI is InChI=1S/C8H5F6N.C7H10N2/c9-7(10,11)4-1-2-5(6(15)3-4)8(12,13)14;1-9(2)7-3-5-8-6-4-7/h1-3H,15H2;3-6H,1-2H3. The molecule has 2 rings (SSSR count). The molecule has 0 saturated carbocycles. The van der Waals surface area contributed by atoms with E-state index in [2.05, 4.69) is 4.98 Å². The molecule has 3 nitrogen and oxygen atoms in total. The monoisotopic (exact) mass is 351 g/mol. The van der Waals surface area contributed by atoms with Crippen molar-refractivity contribution in [1.82, 2.24) is 4.98 Å². The normalized spacial score (nSPS) is 11.5. The first-order chi connectivity index (χ1) is 10.9. The van der Waals surface area contributed by atoms with Gasteiger partial charge in [-0.25, -0.2) is 0 Å². The summed E-state index contributed by atoms with van der Waals surface area (Å²) in [7, 11) is 4.02. The van der Waals surface area contributed by atoms with Gasteiger partial charge in [0, 0.05) is 37.9 Å². The van der Waals surface area contributed by atoms with Crippen LogP contribution in [0.2, 0.25) is 0 Å². The number of nitrogen functional groups attached to an aromatic ring is 1. The highest BCUT2D eigenvalue weighted by molar-refractivity contribution is 5.51. The third-order valence-corrected chi connectivity index (χ3v) is 2.86. The second kappa shape index (κ2) is 7.41. The molecule has 0 bridgehead atoms. The maximum absolute atomic E-state index is 12.1. The molecule has 0 aliphatic carbocycles. The molecule has 2 aromatic rings. The first kappa shape index (κ1) is 19.6. The van der Waals surface area contributed by atoms with E-state index in [0.29, 0.717) is 12.1 Å². The molecule has 0 fully saturated rings. The number of hydrogen-bond donors (Lipinski definition) is 1. The van der Waals surface area contributed by atoms with Crippen molar-refractivity contribution in [3.05, 3.63) is 53.9 Å². The van der Waals surface area contributed by atoms with Gasteiger partial charge in [0.25, 0.3) is 0 Å². The average Bonchev–Trinajstić information content (AvgIpc) is 2.46. The van der Waals surface area contributed by atoms with Crippen molar-refractivity contribution < 1.29 is 26.3 Å². The topological polar surface area (TPSA) is 42.2 Å². The summed E-state index contributed by atoms with van der Waals surface area (Å²) in [6, 6.07) is 4.88. The number of nitrogens with two attached hydrogens (primary N) is 1. The van der Waals surface area contributed by atoms with E-state index in [1.54, 1.807) is 12.4 Å². The van der Waals surface area contributed by atoms with Crippen molar-refractivity contribution in [2.75, 3.05) is 24.7 Å². The second-order valence-corrected chi connectivity index (χ2v) is 4.90. The SMILES string of the molecule is CN(C)c1ccncc1.Nc1cc(C(F)(F)F)ccc1C(F)(F)F. The second-order valence-electron chi connectivity index (χ2n) is 4.90. The lowest BCUT2D eigenvalue weighted by atomic mass is 10.1. The molecule has 0 amide bonds. The van der Waals surface area contributed by atoms with Crippen molar-refractivity contribution in [2.24, 2.45) is 0 Å². The van der Waals surface area contributed by atoms with Gasteiger partial charge in [0.05, 0.1) is 11.1 Å². The van der Waals surface area contributed by atoms with Crippen LogP contribution in [0.4, 0.5) is 37.7 Å². The minimum absolute atomic E-state index is 0.267. The molecular formula is C15H15F6N3. The van der Waals surface area contributed by atoms with Crippen molar-refractivity contribution in [3.63, 3.8) is 0 Å². The Hall–Kier alpha value is -2.45. The third-order valence-electron chi connectivity index (χ3n) is 2.86. The van der Waals surface area contributed by atoms with Crippen LogP contribution in [-0.4, -0.2) is 19.1 Å². The maximum Gasteiger partial charge on any atom is 0.418 e. The number of rotatable bonds is 1. The maximum atomic E-state index is 12.1. The number of aromatic nitrogens is 1. The van der Waals surface area contributed by atoms with Gasteiger partial charge < -0.3 is 10.6 Å². The van der Waals surface area contributed by atoms with E-state index < -0.39 is 29.2 Å². The number of hydrogen-bond acceptors (Lipinski definition) is 3. The molecule has 9 heteroatoms. The molecule has 0 spiro atoms. The number of benzene rings is 1. The summed E-state index contributed by atoms with van der Waals surface area (Å²) in [6.07, 6.45) is -5.86. The number of anilines is 2. The summed E-state index contributed by atoms with van der Waals surface area (Å²) in [5.74, 6) is 0. The molecule has 1 heterocycles. The Morgan fingerprint density at radius 2 is 1.42 bits per heavy atom. The zero-order valence-corrected chi connectivity index (χ0v) is 12.8. The van der Waals surface area contributed by atoms with Crippen LogP contribution >= 0.6 is 0 Å². The van der Waals surface area contributed by atoms with Gasteiger partial charge in [-0.1, -0.05) is 0 Å². The number of nitrogens with zero attached hydrogens (tertiary/aromatic N) is 2. The molecule has 0 radical (unpaired) electrons. The molecule has 0 saturated heterocycles.